The van der Waals surface area contributed by atoms with Gasteiger partial charge in [-0.1, -0.05) is 31.0 Å². The van der Waals surface area contributed by atoms with Gasteiger partial charge in [-0.05, 0) is 31.6 Å². The van der Waals surface area contributed by atoms with E-state index in [1.807, 2.05) is 25.1 Å². The van der Waals surface area contributed by atoms with Gasteiger partial charge in [0, 0.05) is 31.9 Å². The van der Waals surface area contributed by atoms with Crippen molar-refractivity contribution in [2.45, 2.75) is 32.7 Å². The summed E-state index contributed by atoms with van der Waals surface area (Å²) in [5.41, 5.74) is 2.47. The number of likely N-dealkylation sites (N-methyl/N-ethyl adjacent to an activating group) is 1. The number of hydrogen-bond donors (Lipinski definition) is 0. The van der Waals surface area contributed by atoms with E-state index >= 15 is 0 Å². The smallest absolute Gasteiger partial charge is 0.246 e. The molecule has 2 heterocycles. The van der Waals surface area contributed by atoms with Crippen molar-refractivity contribution in [2.75, 3.05) is 7.05 Å². The number of pyridine rings is 1. The topological polar surface area (TPSA) is 51.0 Å². The van der Waals surface area contributed by atoms with Crippen LogP contribution in [-0.4, -0.2) is 32.6 Å². The zero-order valence-electron chi connectivity index (χ0n) is 14.5. The van der Waals surface area contributed by atoms with Crippen molar-refractivity contribution in [3.63, 3.8) is 0 Å². The van der Waals surface area contributed by atoms with Gasteiger partial charge in [-0.3, -0.25) is 14.5 Å². The SMILES string of the molecule is CCCC(c1ccccn1)N(C)C(=O)C=Cc1c(C)nn(C)c1Cl. The summed E-state index contributed by atoms with van der Waals surface area (Å²) in [6, 6.07) is 5.73. The molecule has 1 unspecified atom stereocenters. The maximum Gasteiger partial charge on any atom is 0.246 e. The number of carbonyl (C=O) groups is 1. The molecule has 0 saturated carbocycles. The van der Waals surface area contributed by atoms with Crippen molar-refractivity contribution in [3.8, 4) is 0 Å². The van der Waals surface area contributed by atoms with E-state index in [-0.39, 0.29) is 11.9 Å². The number of carbonyl (C=O) groups excluding carboxylic acids is 1. The number of rotatable bonds is 6. The Morgan fingerprint density at radius 3 is 2.75 bits per heavy atom. The van der Waals surface area contributed by atoms with Crippen molar-refractivity contribution in [1.82, 2.24) is 19.7 Å². The molecule has 0 aliphatic heterocycles. The molecule has 0 aliphatic rings. The van der Waals surface area contributed by atoms with E-state index in [0.29, 0.717) is 5.15 Å². The number of halogens is 1. The minimum absolute atomic E-state index is 0.0428. The first-order valence-corrected chi connectivity index (χ1v) is 8.38. The van der Waals surface area contributed by atoms with Gasteiger partial charge in [0.15, 0.2) is 0 Å². The van der Waals surface area contributed by atoms with Crippen LogP contribution in [0.1, 0.15) is 42.8 Å². The van der Waals surface area contributed by atoms with Gasteiger partial charge in [0.1, 0.15) is 5.15 Å². The Morgan fingerprint density at radius 1 is 1.46 bits per heavy atom. The van der Waals surface area contributed by atoms with Gasteiger partial charge in [-0.15, -0.1) is 0 Å². The largest absolute Gasteiger partial charge is 0.334 e. The Kier molecular flexibility index (Phi) is 6.15. The fourth-order valence-corrected chi connectivity index (χ4v) is 2.89. The third kappa shape index (κ3) is 4.03. The summed E-state index contributed by atoms with van der Waals surface area (Å²) in [7, 11) is 3.58. The maximum absolute atomic E-state index is 12.6. The van der Waals surface area contributed by atoms with E-state index < -0.39 is 0 Å². The molecule has 2 aromatic rings. The Morgan fingerprint density at radius 2 is 2.21 bits per heavy atom. The molecule has 0 aromatic carbocycles. The second-order valence-corrected chi connectivity index (χ2v) is 6.11. The van der Waals surface area contributed by atoms with Crippen LogP contribution in [0.15, 0.2) is 30.5 Å². The van der Waals surface area contributed by atoms with Crippen LogP contribution in [-0.2, 0) is 11.8 Å². The normalized spacial score (nSPS) is 12.5. The molecule has 0 N–H and O–H groups in total. The van der Waals surface area contributed by atoms with Crippen molar-refractivity contribution in [1.29, 1.82) is 0 Å². The highest BCUT2D eigenvalue weighted by atomic mass is 35.5. The molecule has 1 amide bonds. The minimum atomic E-state index is -0.0848. The van der Waals surface area contributed by atoms with E-state index in [1.54, 1.807) is 42.0 Å². The molecular weight excluding hydrogens is 324 g/mol. The summed E-state index contributed by atoms with van der Waals surface area (Å²) >= 11 is 6.20. The first kappa shape index (κ1) is 18.2. The average Bonchev–Trinajstić information content (AvgIpc) is 2.83. The summed E-state index contributed by atoms with van der Waals surface area (Å²) in [6.07, 6.45) is 6.85. The average molecular weight is 347 g/mol. The number of aryl methyl sites for hydroxylation is 2. The van der Waals surface area contributed by atoms with Crippen molar-refractivity contribution < 1.29 is 4.79 Å². The van der Waals surface area contributed by atoms with Gasteiger partial charge in [-0.25, -0.2) is 0 Å². The van der Waals surface area contributed by atoms with E-state index in [2.05, 4.69) is 17.0 Å². The Balaban J connectivity index is 2.19. The van der Waals surface area contributed by atoms with E-state index in [0.717, 1.165) is 29.8 Å². The predicted molar refractivity (Wildman–Crippen MR) is 96.6 cm³/mol. The van der Waals surface area contributed by atoms with Crippen LogP contribution in [0.4, 0.5) is 0 Å². The molecular formula is C18H23ClN4O. The fraction of sp³-hybridized carbons (Fsp3) is 0.389. The zero-order valence-corrected chi connectivity index (χ0v) is 15.3. The Hall–Kier alpha value is -2.14. The molecule has 1 atom stereocenters. The molecule has 24 heavy (non-hydrogen) atoms. The molecule has 0 fully saturated rings. The molecule has 5 nitrogen and oxygen atoms in total. The minimum Gasteiger partial charge on any atom is -0.334 e. The fourth-order valence-electron chi connectivity index (χ4n) is 2.65. The van der Waals surface area contributed by atoms with Crippen LogP contribution in [0.5, 0.6) is 0 Å². The summed E-state index contributed by atoms with van der Waals surface area (Å²) in [6.45, 7) is 3.97. The number of hydrogen-bond acceptors (Lipinski definition) is 3. The van der Waals surface area contributed by atoms with Crippen LogP contribution in [0, 0.1) is 6.92 Å². The number of nitrogens with zero attached hydrogens (tertiary/aromatic N) is 4. The molecule has 0 saturated heterocycles. The second-order valence-electron chi connectivity index (χ2n) is 5.76. The van der Waals surface area contributed by atoms with Gasteiger partial charge in [0.05, 0.1) is 17.4 Å². The van der Waals surface area contributed by atoms with Crippen molar-refractivity contribution in [3.05, 3.63) is 52.6 Å². The Labute approximate surface area is 147 Å². The summed E-state index contributed by atoms with van der Waals surface area (Å²) in [5, 5.41) is 4.77. The van der Waals surface area contributed by atoms with Crippen molar-refractivity contribution >= 4 is 23.6 Å². The lowest BCUT2D eigenvalue weighted by atomic mass is 10.1. The van der Waals surface area contributed by atoms with Gasteiger partial charge in [-0.2, -0.15) is 5.10 Å². The molecule has 6 heteroatoms. The van der Waals surface area contributed by atoms with E-state index in [1.165, 1.54) is 0 Å². The standard InChI is InChI=1S/C18H23ClN4O/c1-5-8-16(15-9-6-7-12-20-15)22(3)17(24)11-10-14-13(2)21-23(4)18(14)19/h6-7,9-12,16H,5,8H2,1-4H3. The highest BCUT2D eigenvalue weighted by Crippen LogP contribution is 2.24. The highest BCUT2D eigenvalue weighted by molar-refractivity contribution is 6.31. The second kappa shape index (κ2) is 8.11. The van der Waals surface area contributed by atoms with Gasteiger partial charge < -0.3 is 4.90 Å². The molecule has 0 bridgehead atoms. The van der Waals surface area contributed by atoms with Gasteiger partial charge in [0.25, 0.3) is 0 Å². The van der Waals surface area contributed by atoms with Crippen LogP contribution in [0.2, 0.25) is 5.15 Å². The lowest BCUT2D eigenvalue weighted by molar-refractivity contribution is -0.127. The molecule has 2 rings (SSSR count). The lowest BCUT2D eigenvalue weighted by Gasteiger charge is -2.26. The highest BCUT2D eigenvalue weighted by Gasteiger charge is 2.20. The summed E-state index contributed by atoms with van der Waals surface area (Å²) < 4.78 is 1.60. The molecule has 0 spiro atoms. The van der Waals surface area contributed by atoms with Crippen molar-refractivity contribution in [2.24, 2.45) is 7.05 Å². The van der Waals surface area contributed by atoms with Crippen LogP contribution in [0.25, 0.3) is 6.08 Å². The first-order chi connectivity index (χ1) is 11.5. The summed E-state index contributed by atoms with van der Waals surface area (Å²) in [4.78, 5) is 18.7. The number of amides is 1. The molecule has 0 aliphatic carbocycles. The third-order valence-electron chi connectivity index (χ3n) is 4.00. The first-order valence-electron chi connectivity index (χ1n) is 8.00. The zero-order chi connectivity index (χ0) is 17.7. The maximum atomic E-state index is 12.6. The summed E-state index contributed by atoms with van der Waals surface area (Å²) in [5.74, 6) is -0.0848. The molecule has 0 radical (unpaired) electrons. The van der Waals surface area contributed by atoms with E-state index in [9.17, 15) is 4.79 Å². The lowest BCUT2D eigenvalue weighted by Crippen LogP contribution is -2.30. The molecule has 128 valence electrons. The van der Waals surface area contributed by atoms with Crippen LogP contribution < -0.4 is 0 Å². The Bertz CT molecular complexity index is 724. The monoisotopic (exact) mass is 346 g/mol. The number of aromatic nitrogens is 3. The third-order valence-corrected chi connectivity index (χ3v) is 4.44. The van der Waals surface area contributed by atoms with E-state index in [4.69, 9.17) is 11.6 Å². The van der Waals surface area contributed by atoms with Crippen LogP contribution in [0.3, 0.4) is 0 Å². The predicted octanol–water partition coefficient (Wildman–Crippen LogP) is 3.79. The van der Waals surface area contributed by atoms with Gasteiger partial charge in [0.2, 0.25) is 5.91 Å². The van der Waals surface area contributed by atoms with Gasteiger partial charge >= 0.3 is 0 Å². The molecule has 2 aromatic heterocycles. The quantitative estimate of drug-likeness (QED) is 0.748. The van der Waals surface area contributed by atoms with Crippen LogP contribution >= 0.6 is 11.6 Å².